The zero-order valence-electron chi connectivity index (χ0n) is 27.5. The summed E-state index contributed by atoms with van der Waals surface area (Å²) in [6, 6.07) is 4.87. The van der Waals surface area contributed by atoms with Crippen LogP contribution in [0.25, 0.3) is 0 Å². The van der Waals surface area contributed by atoms with E-state index in [-0.39, 0.29) is 43.4 Å². The summed E-state index contributed by atoms with van der Waals surface area (Å²) < 4.78 is 6.48. The Morgan fingerprint density at radius 2 is 1.64 bits per heavy atom. The number of nitrogens with zero attached hydrogens (tertiary/aromatic N) is 1. The number of hydrogen-bond acceptors (Lipinski definition) is 6. The minimum absolute atomic E-state index is 0.0344. The highest BCUT2D eigenvalue weighted by Gasteiger charge is 2.45. The topological polar surface area (TPSA) is 145 Å². The van der Waals surface area contributed by atoms with Crippen LogP contribution in [0.1, 0.15) is 90.8 Å². The molecule has 1 saturated heterocycles. The van der Waals surface area contributed by atoms with E-state index >= 15 is 0 Å². The van der Waals surface area contributed by atoms with Crippen molar-refractivity contribution in [3.8, 4) is 12.3 Å². The molecule has 1 aromatic rings. The molecule has 1 aliphatic heterocycles. The molecule has 1 aromatic carbocycles. The number of rotatable bonds is 13. The lowest BCUT2D eigenvalue weighted by Crippen LogP contribution is -2.58. The first-order chi connectivity index (χ1) is 20.3. The molecule has 0 saturated carbocycles. The molecule has 1 aliphatic rings. The lowest BCUT2D eigenvalue weighted by molar-refractivity contribution is -0.144. The van der Waals surface area contributed by atoms with Gasteiger partial charge in [-0.1, -0.05) is 59.6 Å². The highest BCUT2D eigenvalue weighted by molar-refractivity contribution is 6.74. The molecule has 244 valence electrons. The number of aliphatic hydroxyl groups is 1. The maximum atomic E-state index is 13.9. The molecule has 1 heterocycles. The molecule has 1 fully saturated rings. The van der Waals surface area contributed by atoms with E-state index in [4.69, 9.17) is 16.0 Å². The molecule has 4 atom stereocenters. The molecule has 4 N–H and O–H groups in total. The fraction of sp³-hybridized carbons (Fsp3) is 0.636. The predicted octanol–water partition coefficient (Wildman–Crippen LogP) is 3.98. The minimum Gasteiger partial charge on any atom is -0.481 e. The third-order valence-corrected chi connectivity index (χ3v) is 13.0. The first-order valence-electron chi connectivity index (χ1n) is 15.3. The molecule has 3 amide bonds. The van der Waals surface area contributed by atoms with Gasteiger partial charge in [0.25, 0.3) is 0 Å². The van der Waals surface area contributed by atoms with Gasteiger partial charge in [-0.15, -0.1) is 6.42 Å². The first-order valence-corrected chi connectivity index (χ1v) is 18.2. The summed E-state index contributed by atoms with van der Waals surface area (Å²) in [6.45, 7) is 16.3. The van der Waals surface area contributed by atoms with Gasteiger partial charge in [-0.2, -0.15) is 0 Å². The number of unbranched alkanes of at least 4 members (excludes halogenated alkanes) is 1. The standard InChI is InChI=1S/C33H51N3O7Si/c1-10-22-15-17-23(18-16-22)25(21-43-44(8,9)33(5,6)7)34-30(41)26-19-24(37)20-36(26)31(42)29(32(2,3)4)35-27(38)13-11-12-14-28(39)40/h1,15-18,24-26,29,37H,11-14,19-21H2,2-9H3,(H,34,41)(H,35,38)(H,39,40)/t24-,25+,26+,29?/m1/s1. The van der Waals surface area contributed by atoms with Crippen LogP contribution in [0.15, 0.2) is 24.3 Å². The molecule has 2 rings (SSSR count). The second kappa shape index (κ2) is 15.2. The molecular weight excluding hydrogens is 578 g/mol. The molecule has 0 bridgehead atoms. The Kier molecular flexibility index (Phi) is 12.8. The van der Waals surface area contributed by atoms with Crippen LogP contribution in [0.5, 0.6) is 0 Å². The number of carbonyl (C=O) groups is 4. The first kappa shape index (κ1) is 37.0. The van der Waals surface area contributed by atoms with Gasteiger partial charge in [0, 0.05) is 31.4 Å². The summed E-state index contributed by atoms with van der Waals surface area (Å²) in [5, 5.41) is 25.2. The van der Waals surface area contributed by atoms with Crippen molar-refractivity contribution < 1.29 is 33.8 Å². The van der Waals surface area contributed by atoms with Gasteiger partial charge in [-0.3, -0.25) is 19.2 Å². The number of aliphatic carboxylic acids is 1. The Balaban J connectivity index is 2.27. The summed E-state index contributed by atoms with van der Waals surface area (Å²) in [5.74, 6) is 0.414. The van der Waals surface area contributed by atoms with Crippen molar-refractivity contribution >= 4 is 32.0 Å². The van der Waals surface area contributed by atoms with Gasteiger partial charge in [0.15, 0.2) is 8.32 Å². The van der Waals surface area contributed by atoms with E-state index < -0.39 is 55.7 Å². The maximum Gasteiger partial charge on any atom is 0.303 e. The van der Waals surface area contributed by atoms with Gasteiger partial charge in [-0.25, -0.2) is 0 Å². The molecule has 0 aromatic heterocycles. The van der Waals surface area contributed by atoms with Crippen molar-refractivity contribution in [1.82, 2.24) is 15.5 Å². The van der Waals surface area contributed by atoms with E-state index in [9.17, 15) is 24.3 Å². The Bertz CT molecular complexity index is 1210. The molecule has 0 spiro atoms. The number of benzene rings is 1. The van der Waals surface area contributed by atoms with Gasteiger partial charge < -0.3 is 30.2 Å². The summed E-state index contributed by atoms with van der Waals surface area (Å²) in [5.41, 5.74) is 0.813. The van der Waals surface area contributed by atoms with Crippen LogP contribution in [-0.2, 0) is 23.6 Å². The lowest BCUT2D eigenvalue weighted by atomic mass is 9.85. The second-order valence-corrected chi connectivity index (χ2v) is 19.1. The quantitative estimate of drug-likeness (QED) is 0.147. The van der Waals surface area contributed by atoms with Crippen LogP contribution in [0.3, 0.4) is 0 Å². The van der Waals surface area contributed by atoms with E-state index in [0.29, 0.717) is 18.4 Å². The molecule has 0 radical (unpaired) electrons. The third-order valence-electron chi connectivity index (χ3n) is 8.54. The number of hydrogen-bond donors (Lipinski definition) is 4. The third kappa shape index (κ3) is 10.5. The molecule has 11 heteroatoms. The Labute approximate surface area is 263 Å². The number of likely N-dealkylation sites (tertiary alicyclic amines) is 1. The zero-order chi connectivity index (χ0) is 33.5. The van der Waals surface area contributed by atoms with Gasteiger partial charge in [0.2, 0.25) is 17.7 Å². The van der Waals surface area contributed by atoms with Gasteiger partial charge >= 0.3 is 5.97 Å². The monoisotopic (exact) mass is 629 g/mol. The van der Waals surface area contributed by atoms with Crippen LogP contribution < -0.4 is 10.6 Å². The van der Waals surface area contributed by atoms with Crippen LogP contribution >= 0.6 is 0 Å². The number of amides is 3. The van der Waals surface area contributed by atoms with E-state index in [0.717, 1.165) is 5.56 Å². The number of carboxylic acid groups (broad SMARTS) is 1. The van der Waals surface area contributed by atoms with Crippen LogP contribution in [0.4, 0.5) is 0 Å². The van der Waals surface area contributed by atoms with E-state index in [1.807, 2.05) is 32.9 Å². The Morgan fingerprint density at radius 3 is 2.16 bits per heavy atom. The largest absolute Gasteiger partial charge is 0.481 e. The van der Waals surface area contributed by atoms with Crippen LogP contribution in [0, 0.1) is 17.8 Å². The van der Waals surface area contributed by atoms with Crippen molar-refractivity contribution in [3.05, 3.63) is 35.4 Å². The second-order valence-electron chi connectivity index (χ2n) is 14.3. The van der Waals surface area contributed by atoms with E-state index in [1.165, 1.54) is 4.90 Å². The number of β-amino-alcohol motifs (C(OH)–C–C–N with tert-alkyl or cyclic N) is 1. The summed E-state index contributed by atoms with van der Waals surface area (Å²) in [4.78, 5) is 52.6. The summed E-state index contributed by atoms with van der Waals surface area (Å²) in [7, 11) is -2.17. The number of carboxylic acids is 1. The van der Waals surface area contributed by atoms with Crippen molar-refractivity contribution in [1.29, 1.82) is 0 Å². The molecule has 1 unspecified atom stereocenters. The predicted molar refractivity (Wildman–Crippen MR) is 172 cm³/mol. The van der Waals surface area contributed by atoms with Crippen molar-refractivity contribution in [3.63, 3.8) is 0 Å². The number of nitrogens with one attached hydrogen (secondary N) is 2. The zero-order valence-corrected chi connectivity index (χ0v) is 28.5. The fourth-order valence-corrected chi connectivity index (χ4v) is 5.74. The fourth-order valence-electron chi connectivity index (χ4n) is 4.72. The van der Waals surface area contributed by atoms with Crippen LogP contribution in [-0.4, -0.2) is 78.5 Å². The normalized spacial score (nSPS) is 18.7. The Morgan fingerprint density at radius 1 is 1.05 bits per heavy atom. The van der Waals surface area contributed by atoms with E-state index in [2.05, 4.69) is 50.4 Å². The number of aliphatic hydroxyl groups excluding tert-OH is 1. The van der Waals surface area contributed by atoms with Crippen molar-refractivity contribution in [2.45, 2.75) is 116 Å². The smallest absolute Gasteiger partial charge is 0.303 e. The number of terminal acetylenes is 1. The average Bonchev–Trinajstić information content (AvgIpc) is 3.32. The number of carbonyl (C=O) groups excluding carboxylic acids is 3. The highest BCUT2D eigenvalue weighted by atomic mass is 28.4. The Hall–Kier alpha value is -3.20. The van der Waals surface area contributed by atoms with Crippen molar-refractivity contribution in [2.75, 3.05) is 13.2 Å². The average molecular weight is 630 g/mol. The van der Waals surface area contributed by atoms with Gasteiger partial charge in [0.1, 0.15) is 12.1 Å². The SMILES string of the molecule is C#Cc1ccc([C@H](CO[Si](C)(C)C(C)(C)C)NC(=O)[C@@H]2C[C@@H](O)CN2C(=O)C(NC(=O)CCCCC(=O)O)C(C)(C)C)cc1. The van der Waals surface area contributed by atoms with Crippen molar-refractivity contribution in [2.24, 2.45) is 5.41 Å². The van der Waals surface area contributed by atoms with Gasteiger partial charge in [0.05, 0.1) is 18.8 Å². The van der Waals surface area contributed by atoms with Gasteiger partial charge in [-0.05, 0) is 54.1 Å². The van der Waals surface area contributed by atoms with E-state index in [1.54, 1.807) is 12.1 Å². The molecule has 0 aliphatic carbocycles. The van der Waals surface area contributed by atoms with Crippen LogP contribution in [0.2, 0.25) is 18.1 Å². The lowest BCUT2D eigenvalue weighted by Gasteiger charge is -2.38. The summed E-state index contributed by atoms with van der Waals surface area (Å²) >= 11 is 0. The maximum absolute atomic E-state index is 13.9. The minimum atomic E-state index is -2.17. The highest BCUT2D eigenvalue weighted by Crippen LogP contribution is 2.37. The molecular formula is C33H51N3O7Si. The summed E-state index contributed by atoms with van der Waals surface area (Å²) in [6.07, 6.45) is 5.46. The molecule has 44 heavy (non-hydrogen) atoms. The molecule has 10 nitrogen and oxygen atoms in total.